The lowest BCUT2D eigenvalue weighted by molar-refractivity contribution is 0.319. The minimum absolute atomic E-state index is 0.0789. The van der Waals surface area contributed by atoms with Crippen LogP contribution in [0, 0.1) is 25.7 Å². The molecule has 1 aliphatic carbocycles. The number of thiocarbonyl (C=S) groups is 1. The maximum absolute atomic E-state index is 6.00. The van der Waals surface area contributed by atoms with E-state index in [0.29, 0.717) is 5.92 Å². The average Bonchev–Trinajstić information content (AvgIpc) is 2.50. The van der Waals surface area contributed by atoms with E-state index >= 15 is 0 Å². The Hall–Kier alpha value is -0.950. The molecule has 1 aliphatic rings. The molecule has 24 heavy (non-hydrogen) atoms. The summed E-state index contributed by atoms with van der Waals surface area (Å²) in [7, 11) is 0. The zero-order valence-corrected chi connectivity index (χ0v) is 17.1. The van der Waals surface area contributed by atoms with Gasteiger partial charge in [-0.25, -0.2) is 0 Å². The molecule has 2 rings (SSSR count). The van der Waals surface area contributed by atoms with Crippen molar-refractivity contribution < 1.29 is 0 Å². The topological polar surface area (TPSA) is 0 Å². The molecule has 1 aromatic carbocycles. The predicted molar refractivity (Wildman–Crippen MR) is 111 cm³/mol. The third kappa shape index (κ3) is 4.36. The highest BCUT2D eigenvalue weighted by Gasteiger charge is 2.32. The van der Waals surface area contributed by atoms with Crippen molar-refractivity contribution in [2.24, 2.45) is 11.8 Å². The molecule has 1 unspecified atom stereocenters. The van der Waals surface area contributed by atoms with Gasteiger partial charge in [0, 0.05) is 10.8 Å². The Balaban J connectivity index is 2.21. The SMILES string of the molecule is C=C(C)C(C(=S)CC(C)(C)c1cccc(C)c1C)C1CCCCC1. The Kier molecular flexibility index (Phi) is 6.42. The highest BCUT2D eigenvalue weighted by atomic mass is 32.1. The molecule has 0 heterocycles. The van der Waals surface area contributed by atoms with E-state index in [2.05, 4.69) is 59.4 Å². The summed E-state index contributed by atoms with van der Waals surface area (Å²) in [6.07, 6.45) is 7.72. The molecule has 1 aromatic rings. The second-order valence-electron chi connectivity index (χ2n) is 8.50. The quantitative estimate of drug-likeness (QED) is 0.392. The molecule has 1 heteroatoms. The smallest absolute Gasteiger partial charge is 0.0135 e. The Morgan fingerprint density at radius 3 is 2.42 bits per heavy atom. The molecule has 0 N–H and O–H groups in total. The van der Waals surface area contributed by atoms with Crippen LogP contribution < -0.4 is 0 Å². The van der Waals surface area contributed by atoms with Gasteiger partial charge in [0.15, 0.2) is 0 Å². The zero-order chi connectivity index (χ0) is 17.9. The third-order valence-electron chi connectivity index (χ3n) is 5.95. The van der Waals surface area contributed by atoms with Gasteiger partial charge in [-0.15, -0.1) is 0 Å². The fraction of sp³-hybridized carbons (Fsp3) is 0.609. The molecule has 1 atom stereocenters. The van der Waals surface area contributed by atoms with Crippen molar-refractivity contribution in [2.45, 2.75) is 78.6 Å². The van der Waals surface area contributed by atoms with Crippen LogP contribution in [0.1, 0.15) is 76.0 Å². The van der Waals surface area contributed by atoms with Crippen molar-refractivity contribution in [3.63, 3.8) is 0 Å². The minimum Gasteiger partial charge on any atom is -0.0995 e. The summed E-state index contributed by atoms with van der Waals surface area (Å²) in [5, 5.41) is 0. The molecule has 0 saturated heterocycles. The van der Waals surface area contributed by atoms with E-state index < -0.39 is 0 Å². The molecule has 0 spiro atoms. The lowest BCUT2D eigenvalue weighted by atomic mass is 9.70. The first kappa shape index (κ1) is 19.4. The van der Waals surface area contributed by atoms with Gasteiger partial charge in [0.25, 0.3) is 0 Å². The lowest BCUT2D eigenvalue weighted by Gasteiger charge is -2.35. The van der Waals surface area contributed by atoms with Crippen LogP contribution in [-0.4, -0.2) is 4.86 Å². The molecule has 0 nitrogen and oxygen atoms in total. The molecular weight excluding hydrogens is 308 g/mol. The zero-order valence-electron chi connectivity index (χ0n) is 16.2. The minimum atomic E-state index is 0.0789. The van der Waals surface area contributed by atoms with Gasteiger partial charge in [0.2, 0.25) is 0 Å². The summed E-state index contributed by atoms with van der Waals surface area (Å²) in [6.45, 7) is 15.6. The summed E-state index contributed by atoms with van der Waals surface area (Å²) in [4.78, 5) is 1.22. The van der Waals surface area contributed by atoms with E-state index in [9.17, 15) is 0 Å². The second kappa shape index (κ2) is 7.95. The van der Waals surface area contributed by atoms with Crippen molar-refractivity contribution in [1.29, 1.82) is 0 Å². The number of hydrogen-bond acceptors (Lipinski definition) is 1. The molecule has 1 saturated carbocycles. The summed E-state index contributed by atoms with van der Waals surface area (Å²) in [5.74, 6) is 1.14. The Morgan fingerprint density at radius 2 is 1.83 bits per heavy atom. The maximum Gasteiger partial charge on any atom is 0.0135 e. The molecule has 0 aromatic heterocycles. The summed E-state index contributed by atoms with van der Waals surface area (Å²) >= 11 is 6.00. The van der Waals surface area contributed by atoms with E-state index in [4.69, 9.17) is 12.2 Å². The standard InChI is InChI=1S/C23H34S/c1-16(2)22(19-12-8-7-9-13-19)21(24)15-23(5,6)20-14-10-11-17(3)18(20)4/h10-11,14,19,22H,1,7-9,12-13,15H2,2-6H3. The van der Waals surface area contributed by atoms with Gasteiger partial charge in [-0.3, -0.25) is 0 Å². The Labute approximate surface area is 154 Å². The van der Waals surface area contributed by atoms with Crippen LogP contribution >= 0.6 is 12.2 Å². The van der Waals surface area contributed by atoms with Crippen molar-refractivity contribution in [2.75, 3.05) is 0 Å². The fourth-order valence-electron chi connectivity index (χ4n) is 4.53. The summed E-state index contributed by atoms with van der Waals surface area (Å²) < 4.78 is 0. The molecule has 0 amide bonds. The second-order valence-corrected chi connectivity index (χ2v) is 9.02. The van der Waals surface area contributed by atoms with Crippen LogP contribution in [0.3, 0.4) is 0 Å². The van der Waals surface area contributed by atoms with Crippen LogP contribution in [0.4, 0.5) is 0 Å². The van der Waals surface area contributed by atoms with Crippen LogP contribution in [0.2, 0.25) is 0 Å². The van der Waals surface area contributed by atoms with Crippen molar-refractivity contribution in [1.82, 2.24) is 0 Å². The third-order valence-corrected chi connectivity index (χ3v) is 6.35. The van der Waals surface area contributed by atoms with Gasteiger partial charge in [0.05, 0.1) is 0 Å². The predicted octanol–water partition coefficient (Wildman–Crippen LogP) is 7.11. The largest absolute Gasteiger partial charge is 0.0995 e. The molecule has 0 bridgehead atoms. The monoisotopic (exact) mass is 342 g/mol. The first-order chi connectivity index (χ1) is 11.2. The van der Waals surface area contributed by atoms with Gasteiger partial charge in [-0.2, -0.15) is 0 Å². The number of rotatable bonds is 6. The molecule has 132 valence electrons. The molecule has 0 radical (unpaired) electrons. The van der Waals surface area contributed by atoms with Crippen LogP contribution in [0.15, 0.2) is 30.4 Å². The normalized spacial score (nSPS) is 17.5. The maximum atomic E-state index is 6.00. The Bertz CT molecular complexity index is 602. The van der Waals surface area contributed by atoms with Crippen LogP contribution in [-0.2, 0) is 5.41 Å². The van der Waals surface area contributed by atoms with Crippen molar-refractivity contribution in [3.8, 4) is 0 Å². The van der Waals surface area contributed by atoms with Crippen molar-refractivity contribution >= 4 is 17.1 Å². The molecular formula is C23H34S. The first-order valence-corrected chi connectivity index (χ1v) is 9.89. The number of benzene rings is 1. The highest BCUT2D eigenvalue weighted by Crippen LogP contribution is 2.39. The van der Waals surface area contributed by atoms with E-state index in [0.717, 1.165) is 12.3 Å². The number of hydrogen-bond donors (Lipinski definition) is 0. The summed E-state index contributed by atoms with van der Waals surface area (Å²) in [5.41, 5.74) is 5.57. The molecule has 1 fully saturated rings. The first-order valence-electron chi connectivity index (χ1n) is 9.49. The number of allylic oxidation sites excluding steroid dienone is 1. The van der Waals surface area contributed by atoms with Gasteiger partial charge in [-0.05, 0) is 68.1 Å². The van der Waals surface area contributed by atoms with Gasteiger partial charge in [-0.1, -0.05) is 75.7 Å². The highest BCUT2D eigenvalue weighted by molar-refractivity contribution is 7.80. The van der Waals surface area contributed by atoms with Crippen LogP contribution in [0.5, 0.6) is 0 Å². The van der Waals surface area contributed by atoms with E-state index in [1.807, 2.05) is 0 Å². The van der Waals surface area contributed by atoms with E-state index in [-0.39, 0.29) is 5.41 Å². The fourth-order valence-corrected chi connectivity index (χ4v) is 5.29. The van der Waals surface area contributed by atoms with E-state index in [1.54, 1.807) is 0 Å². The van der Waals surface area contributed by atoms with E-state index in [1.165, 1.54) is 59.2 Å². The van der Waals surface area contributed by atoms with Crippen LogP contribution in [0.25, 0.3) is 0 Å². The van der Waals surface area contributed by atoms with Gasteiger partial charge in [0.1, 0.15) is 0 Å². The average molecular weight is 343 g/mol. The number of aryl methyl sites for hydroxylation is 1. The van der Waals surface area contributed by atoms with Crippen molar-refractivity contribution in [3.05, 3.63) is 47.0 Å². The van der Waals surface area contributed by atoms with Gasteiger partial charge >= 0.3 is 0 Å². The van der Waals surface area contributed by atoms with Gasteiger partial charge < -0.3 is 0 Å². The molecule has 0 aliphatic heterocycles. The summed E-state index contributed by atoms with van der Waals surface area (Å²) in [6, 6.07) is 6.66. The Morgan fingerprint density at radius 1 is 1.21 bits per heavy atom. The lowest BCUT2D eigenvalue weighted by Crippen LogP contribution is -2.31.